The molecule has 0 aliphatic rings. The molecule has 0 aromatic heterocycles. The molecule has 1 aromatic carbocycles. The molecule has 1 aromatic rings. The number of hydrogen-bond acceptors (Lipinski definition) is 4. The molecule has 1 rings (SSSR count). The van der Waals surface area contributed by atoms with Crippen LogP contribution in [-0.4, -0.2) is 30.3 Å². The first-order chi connectivity index (χ1) is 9.04. The molecule has 0 radical (unpaired) electrons. The molecule has 1 atom stereocenters. The van der Waals surface area contributed by atoms with Crippen molar-refractivity contribution < 1.29 is 13.7 Å². The molecule has 0 aliphatic carbocycles. The molecule has 1 unspecified atom stereocenters. The number of methoxy groups -OCH3 is 1. The number of benzene rings is 1. The average Bonchev–Trinajstić information content (AvgIpc) is 2.37. The van der Waals surface area contributed by atoms with Crippen molar-refractivity contribution in [3.05, 3.63) is 18.2 Å². The second-order valence-electron chi connectivity index (χ2n) is 4.75. The maximum absolute atomic E-state index is 12.1. The molecule has 4 nitrogen and oxygen atoms in total. The zero-order valence-electron chi connectivity index (χ0n) is 11.8. The Morgan fingerprint density at radius 3 is 2.68 bits per heavy atom. The predicted molar refractivity (Wildman–Crippen MR) is 79.0 cm³/mol. The van der Waals surface area contributed by atoms with Crippen LogP contribution in [0, 0.1) is 5.92 Å². The van der Waals surface area contributed by atoms with Crippen LogP contribution >= 0.6 is 0 Å². The summed E-state index contributed by atoms with van der Waals surface area (Å²) >= 11 is 0. The number of ether oxygens (including phenoxy) is 2. The summed E-state index contributed by atoms with van der Waals surface area (Å²) in [6.45, 7) is 5.52. The molecule has 0 heterocycles. The standard InChI is InChI=1S/C14H23NO3S/c1-11(2)6-7-18-8-9-19(16)14-5-4-12(15)10-13(14)17-3/h4-5,10-11H,6-9,15H2,1-3H3. The van der Waals surface area contributed by atoms with Gasteiger partial charge in [0.25, 0.3) is 0 Å². The van der Waals surface area contributed by atoms with E-state index < -0.39 is 10.8 Å². The number of nitrogen functional groups attached to an aromatic ring is 1. The molecule has 2 N–H and O–H groups in total. The van der Waals surface area contributed by atoms with Gasteiger partial charge in [-0.2, -0.15) is 0 Å². The lowest BCUT2D eigenvalue weighted by Gasteiger charge is -2.10. The molecule has 0 spiro atoms. The van der Waals surface area contributed by atoms with E-state index in [9.17, 15) is 4.21 Å². The molecule has 19 heavy (non-hydrogen) atoms. The molecule has 0 aliphatic heterocycles. The summed E-state index contributed by atoms with van der Waals surface area (Å²) < 4.78 is 22.8. The van der Waals surface area contributed by atoms with Crippen LogP contribution in [0.3, 0.4) is 0 Å². The second-order valence-corrected chi connectivity index (χ2v) is 6.29. The average molecular weight is 285 g/mol. The predicted octanol–water partition coefficient (Wildman–Crippen LogP) is 2.45. The topological polar surface area (TPSA) is 61.5 Å². The van der Waals surface area contributed by atoms with Crippen molar-refractivity contribution in [2.24, 2.45) is 5.92 Å². The van der Waals surface area contributed by atoms with E-state index in [0.29, 0.717) is 41.2 Å². The summed E-state index contributed by atoms with van der Waals surface area (Å²) in [5, 5.41) is 0. The second kappa shape index (κ2) is 8.17. The fraction of sp³-hybridized carbons (Fsp3) is 0.571. The smallest absolute Gasteiger partial charge is 0.137 e. The van der Waals surface area contributed by atoms with Crippen molar-refractivity contribution in [1.82, 2.24) is 0 Å². The highest BCUT2D eigenvalue weighted by Gasteiger charge is 2.10. The minimum atomic E-state index is -1.12. The lowest BCUT2D eigenvalue weighted by Crippen LogP contribution is -2.09. The number of nitrogens with two attached hydrogens (primary N) is 1. The van der Waals surface area contributed by atoms with Crippen LogP contribution in [0.1, 0.15) is 20.3 Å². The number of anilines is 1. The largest absolute Gasteiger partial charge is 0.495 e. The van der Waals surface area contributed by atoms with Gasteiger partial charge in [-0.25, -0.2) is 0 Å². The third-order valence-corrected chi connectivity index (χ3v) is 4.05. The van der Waals surface area contributed by atoms with Gasteiger partial charge in [0.15, 0.2) is 0 Å². The van der Waals surface area contributed by atoms with Crippen LogP contribution < -0.4 is 10.5 Å². The summed E-state index contributed by atoms with van der Waals surface area (Å²) in [4.78, 5) is 0.671. The van der Waals surface area contributed by atoms with E-state index in [1.54, 1.807) is 25.3 Å². The van der Waals surface area contributed by atoms with E-state index in [0.717, 1.165) is 6.42 Å². The van der Waals surface area contributed by atoms with Gasteiger partial charge in [-0.1, -0.05) is 13.8 Å². The number of rotatable bonds is 8. The Hall–Kier alpha value is -1.07. The third-order valence-electron chi connectivity index (χ3n) is 2.69. The van der Waals surface area contributed by atoms with Crippen molar-refractivity contribution in [2.75, 3.05) is 31.8 Å². The van der Waals surface area contributed by atoms with Gasteiger partial charge in [0.1, 0.15) is 5.75 Å². The first kappa shape index (κ1) is 16.0. The Labute approximate surface area is 117 Å². The van der Waals surface area contributed by atoms with E-state index in [4.69, 9.17) is 15.2 Å². The third kappa shape index (κ3) is 5.61. The normalized spacial score (nSPS) is 12.6. The van der Waals surface area contributed by atoms with Crippen molar-refractivity contribution >= 4 is 16.5 Å². The van der Waals surface area contributed by atoms with Crippen LogP contribution in [0.25, 0.3) is 0 Å². The zero-order chi connectivity index (χ0) is 14.3. The molecule has 108 valence electrons. The minimum absolute atomic E-state index is 0.471. The fourth-order valence-corrected chi connectivity index (χ4v) is 2.61. The zero-order valence-corrected chi connectivity index (χ0v) is 12.7. The van der Waals surface area contributed by atoms with Gasteiger partial charge >= 0.3 is 0 Å². The van der Waals surface area contributed by atoms with Crippen LogP contribution in [0.2, 0.25) is 0 Å². The van der Waals surface area contributed by atoms with Crippen LogP contribution in [0.15, 0.2) is 23.1 Å². The van der Waals surface area contributed by atoms with Crippen LogP contribution in [0.4, 0.5) is 5.69 Å². The van der Waals surface area contributed by atoms with Crippen molar-refractivity contribution in [3.8, 4) is 5.75 Å². The van der Waals surface area contributed by atoms with Gasteiger partial charge in [0.2, 0.25) is 0 Å². The molecule has 0 saturated heterocycles. The first-order valence-electron chi connectivity index (χ1n) is 6.44. The summed E-state index contributed by atoms with van der Waals surface area (Å²) in [6, 6.07) is 5.17. The Balaban J connectivity index is 2.45. The van der Waals surface area contributed by atoms with E-state index in [1.807, 2.05) is 0 Å². The van der Waals surface area contributed by atoms with Crippen molar-refractivity contribution in [2.45, 2.75) is 25.2 Å². The maximum Gasteiger partial charge on any atom is 0.137 e. The highest BCUT2D eigenvalue weighted by Crippen LogP contribution is 2.24. The van der Waals surface area contributed by atoms with E-state index in [-0.39, 0.29) is 0 Å². The van der Waals surface area contributed by atoms with Gasteiger partial charge in [-0.15, -0.1) is 0 Å². The molecule has 5 heteroatoms. The van der Waals surface area contributed by atoms with E-state index in [1.165, 1.54) is 0 Å². The summed E-state index contributed by atoms with van der Waals surface area (Å²) in [7, 11) is 0.427. The highest BCUT2D eigenvalue weighted by atomic mass is 32.2. The summed E-state index contributed by atoms with van der Waals surface area (Å²) in [5.41, 5.74) is 6.27. The molecular weight excluding hydrogens is 262 g/mol. The van der Waals surface area contributed by atoms with Crippen molar-refractivity contribution in [1.29, 1.82) is 0 Å². The molecular formula is C14H23NO3S. The van der Waals surface area contributed by atoms with Gasteiger partial charge in [-0.3, -0.25) is 4.21 Å². The molecule has 0 fully saturated rings. The quantitative estimate of drug-likeness (QED) is 0.588. The SMILES string of the molecule is COc1cc(N)ccc1S(=O)CCOCCC(C)C. The fourth-order valence-electron chi connectivity index (χ4n) is 1.54. The summed E-state index contributed by atoms with van der Waals surface area (Å²) in [6.07, 6.45) is 1.03. The van der Waals surface area contributed by atoms with E-state index in [2.05, 4.69) is 13.8 Å². The highest BCUT2D eigenvalue weighted by molar-refractivity contribution is 7.85. The Morgan fingerprint density at radius 1 is 1.32 bits per heavy atom. The van der Waals surface area contributed by atoms with Gasteiger partial charge in [0, 0.05) is 18.4 Å². The Bertz CT molecular complexity index is 421. The molecule has 0 saturated carbocycles. The lowest BCUT2D eigenvalue weighted by molar-refractivity contribution is 0.138. The van der Waals surface area contributed by atoms with Gasteiger partial charge < -0.3 is 15.2 Å². The number of hydrogen-bond donors (Lipinski definition) is 1. The van der Waals surface area contributed by atoms with Crippen LogP contribution in [0.5, 0.6) is 5.75 Å². The summed E-state index contributed by atoms with van der Waals surface area (Å²) in [5.74, 6) is 1.67. The molecule has 0 bridgehead atoms. The minimum Gasteiger partial charge on any atom is -0.495 e. The monoisotopic (exact) mass is 285 g/mol. The lowest BCUT2D eigenvalue weighted by atomic mass is 10.1. The Morgan fingerprint density at radius 2 is 2.05 bits per heavy atom. The van der Waals surface area contributed by atoms with Crippen molar-refractivity contribution in [3.63, 3.8) is 0 Å². The van der Waals surface area contributed by atoms with Gasteiger partial charge in [0.05, 0.1) is 35.2 Å². The van der Waals surface area contributed by atoms with E-state index >= 15 is 0 Å². The Kier molecular flexibility index (Phi) is 6.87. The first-order valence-corrected chi connectivity index (χ1v) is 7.76. The van der Waals surface area contributed by atoms with Gasteiger partial charge in [-0.05, 0) is 24.5 Å². The van der Waals surface area contributed by atoms with Crippen LogP contribution in [-0.2, 0) is 15.5 Å². The molecule has 0 amide bonds. The maximum atomic E-state index is 12.1.